The first kappa shape index (κ1) is 13.6. The predicted molar refractivity (Wildman–Crippen MR) is 80.3 cm³/mol. The molecular weight excluding hydrogens is 264 g/mol. The first-order valence-corrected chi connectivity index (χ1v) is 7.15. The summed E-state index contributed by atoms with van der Waals surface area (Å²) in [4.78, 5) is 18.2. The van der Waals surface area contributed by atoms with E-state index in [0.717, 1.165) is 6.42 Å². The molecule has 0 bridgehead atoms. The van der Waals surface area contributed by atoms with Gasteiger partial charge in [-0.05, 0) is 31.0 Å². The van der Waals surface area contributed by atoms with E-state index in [0.29, 0.717) is 19.0 Å². The van der Waals surface area contributed by atoms with E-state index in [4.69, 9.17) is 0 Å². The molecule has 0 aliphatic carbocycles. The molecule has 3 rings (SSSR count). The maximum Gasteiger partial charge on any atom is 0.276 e. The summed E-state index contributed by atoms with van der Waals surface area (Å²) in [6.45, 7) is 3.45. The number of hydrogen-bond acceptors (Lipinski definition) is 3. The Labute approximate surface area is 124 Å². The number of aromatic hydroxyl groups is 1. The predicted octanol–water partition coefficient (Wildman–Crippen LogP) is 2.73. The highest BCUT2D eigenvalue weighted by molar-refractivity contribution is 5.95. The van der Waals surface area contributed by atoms with Gasteiger partial charge in [0.15, 0.2) is 5.69 Å². The Morgan fingerprint density at radius 1 is 1.29 bits per heavy atom. The van der Waals surface area contributed by atoms with E-state index in [1.165, 1.54) is 23.4 Å². The molecule has 2 heterocycles. The molecule has 1 amide bonds. The van der Waals surface area contributed by atoms with Crippen LogP contribution in [0.4, 0.5) is 0 Å². The van der Waals surface area contributed by atoms with Crippen molar-refractivity contribution in [2.75, 3.05) is 13.1 Å². The topological polar surface area (TPSA) is 53.4 Å². The number of carbonyl (C=O) groups excluding carboxylic acids is 1. The Balaban J connectivity index is 1.74. The molecule has 1 aliphatic rings. The summed E-state index contributed by atoms with van der Waals surface area (Å²) in [5.41, 5.74) is 2.64. The number of aryl methyl sites for hydroxylation is 1. The van der Waals surface area contributed by atoms with Crippen molar-refractivity contribution in [1.82, 2.24) is 9.88 Å². The molecule has 1 atom stereocenters. The largest absolute Gasteiger partial charge is 0.505 e. The second-order valence-electron chi connectivity index (χ2n) is 5.52. The lowest BCUT2D eigenvalue weighted by Crippen LogP contribution is -2.29. The van der Waals surface area contributed by atoms with Gasteiger partial charge in [0.2, 0.25) is 0 Å². The minimum atomic E-state index is -0.192. The summed E-state index contributed by atoms with van der Waals surface area (Å²) in [7, 11) is 0. The number of hydrogen-bond donors (Lipinski definition) is 1. The van der Waals surface area contributed by atoms with Crippen LogP contribution in [-0.4, -0.2) is 34.0 Å². The van der Waals surface area contributed by atoms with Gasteiger partial charge >= 0.3 is 0 Å². The SMILES string of the molecule is Cc1ccc([C@H]2CCN(C(=O)c3ncccc3O)C2)cc1. The fourth-order valence-corrected chi connectivity index (χ4v) is 2.77. The highest BCUT2D eigenvalue weighted by Gasteiger charge is 2.29. The Hall–Kier alpha value is -2.36. The maximum atomic E-state index is 12.4. The quantitative estimate of drug-likeness (QED) is 0.921. The van der Waals surface area contributed by atoms with Crippen LogP contribution in [0.3, 0.4) is 0 Å². The van der Waals surface area contributed by atoms with Gasteiger partial charge in [-0.2, -0.15) is 0 Å². The van der Waals surface area contributed by atoms with Crippen LogP contribution in [0.5, 0.6) is 5.75 Å². The highest BCUT2D eigenvalue weighted by atomic mass is 16.3. The minimum absolute atomic E-state index is 0.0544. The van der Waals surface area contributed by atoms with Gasteiger partial charge in [-0.15, -0.1) is 0 Å². The van der Waals surface area contributed by atoms with Crippen molar-refractivity contribution in [2.45, 2.75) is 19.3 Å². The molecule has 0 radical (unpaired) electrons. The molecule has 21 heavy (non-hydrogen) atoms. The molecule has 0 spiro atoms. The van der Waals surface area contributed by atoms with Crippen molar-refractivity contribution in [3.63, 3.8) is 0 Å². The third kappa shape index (κ3) is 2.75. The number of likely N-dealkylation sites (tertiary alicyclic amines) is 1. The van der Waals surface area contributed by atoms with Crippen molar-refractivity contribution in [3.05, 3.63) is 59.4 Å². The average molecular weight is 282 g/mol. The van der Waals surface area contributed by atoms with E-state index in [9.17, 15) is 9.90 Å². The molecular formula is C17H18N2O2. The fourth-order valence-electron chi connectivity index (χ4n) is 2.77. The number of aromatic nitrogens is 1. The molecule has 1 aromatic heterocycles. The highest BCUT2D eigenvalue weighted by Crippen LogP contribution is 2.29. The summed E-state index contributed by atoms with van der Waals surface area (Å²) < 4.78 is 0. The molecule has 108 valence electrons. The third-order valence-electron chi connectivity index (χ3n) is 4.01. The number of amides is 1. The molecule has 2 aromatic rings. The van der Waals surface area contributed by atoms with Crippen molar-refractivity contribution in [2.24, 2.45) is 0 Å². The zero-order valence-corrected chi connectivity index (χ0v) is 12.0. The molecule has 0 saturated carbocycles. The van der Waals surface area contributed by atoms with Gasteiger partial charge < -0.3 is 10.0 Å². The van der Waals surface area contributed by atoms with Gasteiger partial charge in [0.25, 0.3) is 5.91 Å². The normalized spacial score (nSPS) is 18.0. The zero-order valence-electron chi connectivity index (χ0n) is 12.0. The van der Waals surface area contributed by atoms with Crippen LogP contribution in [0.1, 0.15) is 34.0 Å². The summed E-state index contributed by atoms with van der Waals surface area (Å²) in [6.07, 6.45) is 2.48. The van der Waals surface area contributed by atoms with E-state index >= 15 is 0 Å². The van der Waals surface area contributed by atoms with Gasteiger partial charge in [0, 0.05) is 25.2 Å². The van der Waals surface area contributed by atoms with Crippen LogP contribution >= 0.6 is 0 Å². The molecule has 0 unspecified atom stereocenters. The van der Waals surface area contributed by atoms with Crippen LogP contribution in [0, 0.1) is 6.92 Å². The Morgan fingerprint density at radius 2 is 2.05 bits per heavy atom. The lowest BCUT2D eigenvalue weighted by Gasteiger charge is -2.16. The second kappa shape index (κ2) is 5.56. The van der Waals surface area contributed by atoms with Crippen LogP contribution < -0.4 is 0 Å². The second-order valence-corrected chi connectivity index (χ2v) is 5.52. The number of carbonyl (C=O) groups is 1. The van der Waals surface area contributed by atoms with Gasteiger partial charge in [-0.25, -0.2) is 4.98 Å². The summed E-state index contributed by atoms with van der Waals surface area (Å²) in [5.74, 6) is 0.115. The zero-order chi connectivity index (χ0) is 14.8. The molecule has 1 fully saturated rings. The minimum Gasteiger partial charge on any atom is -0.505 e. The maximum absolute atomic E-state index is 12.4. The Bertz CT molecular complexity index is 652. The molecule has 1 N–H and O–H groups in total. The molecule has 4 heteroatoms. The summed E-state index contributed by atoms with van der Waals surface area (Å²) in [5, 5.41) is 9.74. The number of nitrogens with zero attached hydrogens (tertiary/aromatic N) is 2. The van der Waals surface area contributed by atoms with E-state index < -0.39 is 0 Å². The van der Waals surface area contributed by atoms with Crippen molar-refractivity contribution >= 4 is 5.91 Å². The Morgan fingerprint density at radius 3 is 2.76 bits per heavy atom. The smallest absolute Gasteiger partial charge is 0.276 e. The van der Waals surface area contributed by atoms with Crippen LogP contribution in [-0.2, 0) is 0 Å². The lowest BCUT2D eigenvalue weighted by molar-refractivity contribution is 0.0781. The number of rotatable bonds is 2. The average Bonchev–Trinajstić information content (AvgIpc) is 2.98. The Kier molecular flexibility index (Phi) is 3.60. The monoisotopic (exact) mass is 282 g/mol. The first-order valence-electron chi connectivity index (χ1n) is 7.15. The van der Waals surface area contributed by atoms with Crippen molar-refractivity contribution in [3.8, 4) is 5.75 Å². The van der Waals surface area contributed by atoms with Gasteiger partial charge in [-0.1, -0.05) is 29.8 Å². The van der Waals surface area contributed by atoms with Gasteiger partial charge in [0.05, 0.1) is 0 Å². The molecule has 1 aliphatic heterocycles. The van der Waals surface area contributed by atoms with E-state index in [1.807, 2.05) is 0 Å². The molecule has 4 nitrogen and oxygen atoms in total. The van der Waals surface area contributed by atoms with Gasteiger partial charge in [-0.3, -0.25) is 4.79 Å². The first-order chi connectivity index (χ1) is 10.1. The number of pyridine rings is 1. The number of benzene rings is 1. The summed E-state index contributed by atoms with van der Waals surface area (Å²) >= 11 is 0. The van der Waals surface area contributed by atoms with E-state index in [-0.39, 0.29) is 17.4 Å². The van der Waals surface area contributed by atoms with Crippen LogP contribution in [0.2, 0.25) is 0 Å². The molecule has 1 saturated heterocycles. The van der Waals surface area contributed by atoms with E-state index in [2.05, 4.69) is 36.2 Å². The fraction of sp³-hybridized carbons (Fsp3) is 0.294. The van der Waals surface area contributed by atoms with Crippen LogP contribution in [0.15, 0.2) is 42.6 Å². The van der Waals surface area contributed by atoms with Crippen molar-refractivity contribution in [1.29, 1.82) is 0 Å². The van der Waals surface area contributed by atoms with Crippen LogP contribution in [0.25, 0.3) is 0 Å². The standard InChI is InChI=1S/C17H18N2O2/c1-12-4-6-13(7-5-12)14-8-10-19(11-14)17(21)16-15(20)3-2-9-18-16/h2-7,9,14,20H,8,10-11H2,1H3/t14-/m0/s1. The third-order valence-corrected chi connectivity index (χ3v) is 4.01. The van der Waals surface area contributed by atoms with E-state index in [1.54, 1.807) is 11.0 Å². The summed E-state index contributed by atoms with van der Waals surface area (Å²) in [6, 6.07) is 11.6. The molecule has 1 aromatic carbocycles. The van der Waals surface area contributed by atoms with Crippen molar-refractivity contribution < 1.29 is 9.90 Å². The van der Waals surface area contributed by atoms with Gasteiger partial charge in [0.1, 0.15) is 5.75 Å². The lowest BCUT2D eigenvalue weighted by atomic mass is 9.98.